The molecule has 27 heavy (non-hydrogen) atoms. The normalized spacial score (nSPS) is 14.7. The summed E-state index contributed by atoms with van der Waals surface area (Å²) in [5, 5.41) is 6.98. The predicted molar refractivity (Wildman–Crippen MR) is 94.2 cm³/mol. The van der Waals surface area contributed by atoms with Crippen molar-refractivity contribution in [1.82, 2.24) is 15.5 Å². The highest BCUT2D eigenvalue weighted by Gasteiger charge is 2.28. The van der Waals surface area contributed by atoms with Crippen LogP contribution in [0.25, 0.3) is 11.4 Å². The Morgan fingerprint density at radius 3 is 2.89 bits per heavy atom. The topological polar surface area (TPSA) is 99.6 Å². The molecule has 1 aliphatic heterocycles. The van der Waals surface area contributed by atoms with Crippen LogP contribution in [-0.2, 0) is 0 Å². The van der Waals surface area contributed by atoms with Crippen molar-refractivity contribution in [3.63, 3.8) is 0 Å². The summed E-state index contributed by atoms with van der Waals surface area (Å²) in [7, 11) is 0. The summed E-state index contributed by atoms with van der Waals surface area (Å²) < 4.78 is 21.3. The highest BCUT2D eigenvalue weighted by molar-refractivity contribution is 5.91. The molecule has 0 radical (unpaired) electrons. The predicted octanol–water partition coefficient (Wildman–Crippen LogP) is 3.58. The first kappa shape index (κ1) is 17.1. The number of carbonyl (C=O) groups excluding carboxylic acids is 1. The Balaban J connectivity index is 1.59. The molecule has 0 spiro atoms. The lowest BCUT2D eigenvalue weighted by Crippen LogP contribution is -2.32. The average molecular weight is 369 g/mol. The summed E-state index contributed by atoms with van der Waals surface area (Å²) in [6, 6.07) is 8.28. The van der Waals surface area contributed by atoms with Crippen molar-refractivity contribution in [3.8, 4) is 22.9 Å². The van der Waals surface area contributed by atoms with E-state index in [-0.39, 0.29) is 24.4 Å². The van der Waals surface area contributed by atoms with Gasteiger partial charge in [-0.05, 0) is 36.2 Å². The second-order valence-corrected chi connectivity index (χ2v) is 6.34. The number of fused-ring (bicyclic) bond motifs is 1. The number of hydrogen-bond acceptors (Lipinski definition) is 7. The fourth-order valence-electron chi connectivity index (χ4n) is 2.82. The summed E-state index contributed by atoms with van der Waals surface area (Å²) in [4.78, 5) is 16.9. The molecule has 1 N–H and O–H groups in total. The van der Waals surface area contributed by atoms with E-state index in [1.165, 1.54) is 6.26 Å². The molecule has 0 bridgehead atoms. The number of carbonyl (C=O) groups is 1. The van der Waals surface area contributed by atoms with Crippen molar-refractivity contribution in [1.29, 1.82) is 0 Å². The van der Waals surface area contributed by atoms with E-state index in [1.807, 2.05) is 19.9 Å². The van der Waals surface area contributed by atoms with E-state index in [9.17, 15) is 4.79 Å². The van der Waals surface area contributed by atoms with E-state index in [2.05, 4.69) is 15.5 Å². The van der Waals surface area contributed by atoms with Gasteiger partial charge in [0, 0.05) is 5.56 Å². The molecule has 1 amide bonds. The van der Waals surface area contributed by atoms with Crippen molar-refractivity contribution >= 4 is 5.91 Å². The minimum atomic E-state index is -0.428. The third kappa shape index (κ3) is 3.38. The van der Waals surface area contributed by atoms with Gasteiger partial charge in [0.05, 0.1) is 6.26 Å². The van der Waals surface area contributed by atoms with Crippen molar-refractivity contribution < 1.29 is 23.2 Å². The maximum Gasteiger partial charge on any atom is 0.287 e. The quantitative estimate of drug-likeness (QED) is 0.709. The Kier molecular flexibility index (Phi) is 4.53. The van der Waals surface area contributed by atoms with Crippen LogP contribution in [0.15, 0.2) is 45.5 Å². The van der Waals surface area contributed by atoms with E-state index in [0.717, 1.165) is 12.0 Å². The molecule has 140 valence electrons. The second kappa shape index (κ2) is 7.14. The van der Waals surface area contributed by atoms with Gasteiger partial charge in [-0.15, -0.1) is 0 Å². The molecule has 0 aliphatic carbocycles. The molecule has 4 rings (SSSR count). The lowest BCUT2D eigenvalue weighted by atomic mass is 9.99. The Morgan fingerprint density at radius 2 is 2.11 bits per heavy atom. The standard InChI is InChI=1S/C19H19N3O5/c1-3-11(2)16(20-18(23)14-5-4-8-24-14)19-21-17(22-27-19)12-6-7-13-15(9-12)26-10-25-13/h4-9,11,16H,3,10H2,1-2H3,(H,20,23)/t11-,16-/m1/s1. The van der Waals surface area contributed by atoms with Gasteiger partial charge in [0.25, 0.3) is 5.91 Å². The van der Waals surface area contributed by atoms with Gasteiger partial charge >= 0.3 is 0 Å². The molecule has 2 atom stereocenters. The number of hydrogen-bond donors (Lipinski definition) is 1. The zero-order valence-electron chi connectivity index (χ0n) is 15.0. The zero-order chi connectivity index (χ0) is 18.8. The third-order valence-corrected chi connectivity index (χ3v) is 4.58. The van der Waals surface area contributed by atoms with Gasteiger partial charge in [-0.3, -0.25) is 4.79 Å². The number of amides is 1. The summed E-state index contributed by atoms with van der Waals surface area (Å²) >= 11 is 0. The number of rotatable bonds is 6. The lowest BCUT2D eigenvalue weighted by molar-refractivity contribution is 0.0882. The van der Waals surface area contributed by atoms with Crippen LogP contribution in [-0.4, -0.2) is 22.8 Å². The first-order valence-corrected chi connectivity index (χ1v) is 8.73. The Bertz CT molecular complexity index is 935. The number of benzene rings is 1. The van der Waals surface area contributed by atoms with Crippen molar-refractivity contribution in [2.24, 2.45) is 5.92 Å². The molecule has 0 saturated heterocycles. The Labute approximate surface area is 155 Å². The Hall–Kier alpha value is -3.29. The smallest absolute Gasteiger partial charge is 0.287 e. The Morgan fingerprint density at radius 1 is 1.26 bits per heavy atom. The van der Waals surface area contributed by atoms with E-state index in [1.54, 1.807) is 24.3 Å². The zero-order valence-corrected chi connectivity index (χ0v) is 15.0. The second-order valence-electron chi connectivity index (χ2n) is 6.34. The van der Waals surface area contributed by atoms with Gasteiger partial charge in [-0.2, -0.15) is 4.98 Å². The van der Waals surface area contributed by atoms with E-state index >= 15 is 0 Å². The molecule has 3 heterocycles. The maximum absolute atomic E-state index is 12.4. The van der Waals surface area contributed by atoms with E-state index < -0.39 is 6.04 Å². The molecule has 8 nitrogen and oxygen atoms in total. The molecule has 1 aliphatic rings. The van der Waals surface area contributed by atoms with Crippen molar-refractivity contribution in [2.75, 3.05) is 6.79 Å². The fraction of sp³-hybridized carbons (Fsp3) is 0.316. The highest BCUT2D eigenvalue weighted by Crippen LogP contribution is 2.35. The van der Waals surface area contributed by atoms with E-state index in [0.29, 0.717) is 23.2 Å². The van der Waals surface area contributed by atoms with Crippen LogP contribution in [0.4, 0.5) is 0 Å². The van der Waals surface area contributed by atoms with Crippen molar-refractivity contribution in [3.05, 3.63) is 48.2 Å². The van der Waals surface area contributed by atoms with Crippen molar-refractivity contribution in [2.45, 2.75) is 26.3 Å². The number of ether oxygens (including phenoxy) is 2. The summed E-state index contributed by atoms with van der Waals surface area (Å²) in [5.74, 6) is 2.09. The first-order chi connectivity index (χ1) is 13.2. The molecule has 1 aromatic carbocycles. The van der Waals surface area contributed by atoms with Crippen LogP contribution in [0.5, 0.6) is 11.5 Å². The number of aromatic nitrogens is 2. The van der Waals surface area contributed by atoms with Gasteiger partial charge in [-0.1, -0.05) is 25.4 Å². The van der Waals surface area contributed by atoms with Gasteiger partial charge in [0.2, 0.25) is 18.5 Å². The molecule has 0 unspecified atom stereocenters. The van der Waals surface area contributed by atoms with Gasteiger partial charge in [-0.25, -0.2) is 0 Å². The van der Waals surface area contributed by atoms with Gasteiger partial charge < -0.3 is 23.7 Å². The number of nitrogens with one attached hydrogen (secondary N) is 1. The molecule has 8 heteroatoms. The summed E-state index contributed by atoms with van der Waals surface area (Å²) in [6.07, 6.45) is 2.28. The summed E-state index contributed by atoms with van der Waals surface area (Å²) in [6.45, 7) is 4.24. The van der Waals surface area contributed by atoms with Gasteiger partial charge in [0.1, 0.15) is 6.04 Å². The monoisotopic (exact) mass is 369 g/mol. The molecule has 0 fully saturated rings. The first-order valence-electron chi connectivity index (χ1n) is 8.73. The molecule has 0 saturated carbocycles. The molecule has 2 aromatic heterocycles. The minimum Gasteiger partial charge on any atom is -0.459 e. The minimum absolute atomic E-state index is 0.0916. The lowest BCUT2D eigenvalue weighted by Gasteiger charge is -2.20. The molecular weight excluding hydrogens is 350 g/mol. The van der Waals surface area contributed by atoms with Crippen LogP contribution < -0.4 is 14.8 Å². The van der Waals surface area contributed by atoms with E-state index in [4.69, 9.17) is 18.4 Å². The number of furan rings is 1. The average Bonchev–Trinajstić information content (AvgIpc) is 3.45. The number of nitrogens with zero attached hydrogens (tertiary/aromatic N) is 2. The van der Waals surface area contributed by atoms with Crippen LogP contribution in [0, 0.1) is 5.92 Å². The van der Waals surface area contributed by atoms with Crippen LogP contribution in [0.3, 0.4) is 0 Å². The largest absolute Gasteiger partial charge is 0.459 e. The molecular formula is C19H19N3O5. The maximum atomic E-state index is 12.4. The van der Waals surface area contributed by atoms with Crippen LogP contribution >= 0.6 is 0 Å². The molecule has 3 aromatic rings. The van der Waals surface area contributed by atoms with Crippen LogP contribution in [0.1, 0.15) is 42.8 Å². The summed E-state index contributed by atoms with van der Waals surface area (Å²) in [5.41, 5.74) is 0.745. The third-order valence-electron chi connectivity index (χ3n) is 4.58. The fourth-order valence-corrected chi connectivity index (χ4v) is 2.82. The highest BCUT2D eigenvalue weighted by atomic mass is 16.7. The van der Waals surface area contributed by atoms with Crippen LogP contribution in [0.2, 0.25) is 0 Å². The van der Waals surface area contributed by atoms with Gasteiger partial charge in [0.15, 0.2) is 17.3 Å². The SMILES string of the molecule is CC[C@@H](C)[C@@H](NC(=O)c1ccco1)c1nc(-c2ccc3c(c2)OCO3)no1.